The fraction of sp³-hybridized carbons (Fsp3) is 1.00. The summed E-state index contributed by atoms with van der Waals surface area (Å²) in [6.45, 7) is 7.19. The number of rotatable bonds is 7. The second-order valence-corrected chi connectivity index (χ2v) is 4.82. The molecule has 0 heterocycles. The van der Waals surface area contributed by atoms with Crippen LogP contribution in [0.4, 0.5) is 13.2 Å². The number of halogens is 3. The largest absolute Gasteiger partial charge is 0.441 e. The standard InChI is InChI=1S/C9H18F3NOS/c1-4-14-8(2,3)7-13-5-6-15-9(10,11)12/h13H,4-7H2,1-3H3. The molecule has 0 aliphatic rings. The summed E-state index contributed by atoms with van der Waals surface area (Å²) in [6.07, 6.45) is 0. The van der Waals surface area contributed by atoms with E-state index in [1.165, 1.54) is 0 Å². The molecule has 2 nitrogen and oxygen atoms in total. The summed E-state index contributed by atoms with van der Waals surface area (Å²) in [5.74, 6) is 0.0334. The Balaban J connectivity index is 3.46. The highest BCUT2D eigenvalue weighted by atomic mass is 32.2. The van der Waals surface area contributed by atoms with Crippen LogP contribution in [-0.4, -0.2) is 36.6 Å². The topological polar surface area (TPSA) is 21.3 Å². The molecule has 0 aliphatic heterocycles. The molecular weight excluding hydrogens is 227 g/mol. The second-order valence-electron chi connectivity index (χ2n) is 3.66. The van der Waals surface area contributed by atoms with Crippen LogP contribution in [-0.2, 0) is 4.74 Å². The summed E-state index contributed by atoms with van der Waals surface area (Å²) in [4.78, 5) is 0. The Morgan fingerprint density at radius 3 is 2.33 bits per heavy atom. The molecule has 0 saturated carbocycles. The molecule has 15 heavy (non-hydrogen) atoms. The molecule has 0 bridgehead atoms. The molecule has 1 N–H and O–H groups in total. The van der Waals surface area contributed by atoms with E-state index in [2.05, 4.69) is 5.32 Å². The maximum atomic E-state index is 11.7. The third-order valence-corrected chi connectivity index (χ3v) is 2.37. The van der Waals surface area contributed by atoms with Gasteiger partial charge in [0.1, 0.15) is 0 Å². The maximum absolute atomic E-state index is 11.7. The number of hydrogen-bond acceptors (Lipinski definition) is 3. The summed E-state index contributed by atoms with van der Waals surface area (Å²) in [7, 11) is 0. The van der Waals surface area contributed by atoms with Gasteiger partial charge in [0.2, 0.25) is 0 Å². The average Bonchev–Trinajstić information content (AvgIpc) is 2.00. The first-order chi connectivity index (χ1) is 6.77. The molecule has 0 aromatic rings. The molecule has 0 aromatic heterocycles. The summed E-state index contributed by atoms with van der Waals surface area (Å²) in [5.41, 5.74) is -4.45. The van der Waals surface area contributed by atoms with Gasteiger partial charge in [0, 0.05) is 25.4 Å². The van der Waals surface area contributed by atoms with Gasteiger partial charge in [-0.3, -0.25) is 0 Å². The Morgan fingerprint density at radius 2 is 1.87 bits per heavy atom. The van der Waals surface area contributed by atoms with Gasteiger partial charge < -0.3 is 10.1 Å². The van der Waals surface area contributed by atoms with Crippen LogP contribution in [0.2, 0.25) is 0 Å². The zero-order valence-electron chi connectivity index (χ0n) is 9.28. The van der Waals surface area contributed by atoms with E-state index in [1.807, 2.05) is 20.8 Å². The summed E-state index contributed by atoms with van der Waals surface area (Å²) >= 11 is -0.00581. The lowest BCUT2D eigenvalue weighted by atomic mass is 10.1. The van der Waals surface area contributed by atoms with Gasteiger partial charge in [-0.2, -0.15) is 13.2 Å². The number of alkyl halides is 3. The van der Waals surface area contributed by atoms with E-state index in [9.17, 15) is 13.2 Å². The number of ether oxygens (including phenoxy) is 1. The minimum Gasteiger partial charge on any atom is -0.375 e. The first-order valence-corrected chi connectivity index (χ1v) is 5.81. The zero-order chi connectivity index (χ0) is 11.9. The summed E-state index contributed by atoms with van der Waals surface area (Å²) < 4.78 is 40.6. The van der Waals surface area contributed by atoms with Gasteiger partial charge in [0.15, 0.2) is 0 Å². The predicted octanol–water partition coefficient (Wildman–Crippen LogP) is 2.64. The molecule has 0 radical (unpaired) electrons. The highest BCUT2D eigenvalue weighted by Gasteiger charge is 2.27. The first-order valence-electron chi connectivity index (χ1n) is 4.82. The van der Waals surface area contributed by atoms with Crippen LogP contribution in [0.15, 0.2) is 0 Å². The van der Waals surface area contributed by atoms with Crippen molar-refractivity contribution in [1.82, 2.24) is 5.32 Å². The predicted molar refractivity (Wildman–Crippen MR) is 57.1 cm³/mol. The van der Waals surface area contributed by atoms with E-state index in [4.69, 9.17) is 4.74 Å². The summed E-state index contributed by atoms with van der Waals surface area (Å²) in [5, 5.41) is 2.94. The van der Waals surface area contributed by atoms with Gasteiger partial charge in [0.25, 0.3) is 0 Å². The maximum Gasteiger partial charge on any atom is 0.441 e. The molecule has 0 saturated heterocycles. The highest BCUT2D eigenvalue weighted by Crippen LogP contribution is 2.29. The SMILES string of the molecule is CCOC(C)(C)CNCCSC(F)(F)F. The minimum atomic E-state index is -4.13. The van der Waals surface area contributed by atoms with E-state index in [-0.39, 0.29) is 23.1 Å². The molecule has 0 amide bonds. The minimum absolute atomic E-state index is 0.00581. The Kier molecular flexibility index (Phi) is 6.63. The molecule has 92 valence electrons. The lowest BCUT2D eigenvalue weighted by Gasteiger charge is -2.24. The van der Waals surface area contributed by atoms with Gasteiger partial charge in [-0.05, 0) is 32.5 Å². The highest BCUT2D eigenvalue weighted by molar-refractivity contribution is 8.00. The van der Waals surface area contributed by atoms with Crippen LogP contribution in [0.1, 0.15) is 20.8 Å². The van der Waals surface area contributed by atoms with Crippen molar-refractivity contribution in [2.24, 2.45) is 0 Å². The lowest BCUT2D eigenvalue weighted by Crippen LogP contribution is -2.38. The van der Waals surface area contributed by atoms with Crippen molar-refractivity contribution in [2.75, 3.05) is 25.4 Å². The number of hydrogen-bond donors (Lipinski definition) is 1. The van der Waals surface area contributed by atoms with Crippen LogP contribution < -0.4 is 5.32 Å². The molecule has 0 aliphatic carbocycles. The van der Waals surface area contributed by atoms with Gasteiger partial charge in [0.05, 0.1) is 5.60 Å². The Hall–Kier alpha value is 0.0600. The third kappa shape index (κ3) is 10.3. The number of thioether (sulfide) groups is 1. The van der Waals surface area contributed by atoms with E-state index in [1.54, 1.807) is 0 Å². The fourth-order valence-corrected chi connectivity index (χ4v) is 1.55. The third-order valence-electron chi connectivity index (χ3n) is 1.63. The Morgan fingerprint density at radius 1 is 1.27 bits per heavy atom. The van der Waals surface area contributed by atoms with Gasteiger partial charge in [-0.15, -0.1) is 0 Å². The molecule has 0 rings (SSSR count). The molecule has 0 aromatic carbocycles. The van der Waals surface area contributed by atoms with Crippen molar-refractivity contribution >= 4 is 11.8 Å². The molecule has 0 atom stereocenters. The summed E-state index contributed by atoms with van der Waals surface area (Å²) in [6, 6.07) is 0. The van der Waals surface area contributed by atoms with Crippen LogP contribution in [0.3, 0.4) is 0 Å². The second kappa shape index (κ2) is 6.60. The molecule has 6 heteroatoms. The molecule has 0 unspecified atom stereocenters. The van der Waals surface area contributed by atoms with Crippen molar-refractivity contribution in [3.8, 4) is 0 Å². The first kappa shape index (κ1) is 15.1. The van der Waals surface area contributed by atoms with E-state index >= 15 is 0 Å². The lowest BCUT2D eigenvalue weighted by molar-refractivity contribution is -0.0327. The zero-order valence-corrected chi connectivity index (χ0v) is 10.1. The molecule has 0 spiro atoms. The Labute approximate surface area is 92.9 Å². The van der Waals surface area contributed by atoms with Crippen molar-refractivity contribution in [2.45, 2.75) is 31.9 Å². The molecule has 0 fully saturated rings. The van der Waals surface area contributed by atoms with E-state index in [0.717, 1.165) is 0 Å². The van der Waals surface area contributed by atoms with E-state index in [0.29, 0.717) is 19.7 Å². The van der Waals surface area contributed by atoms with Crippen molar-refractivity contribution in [1.29, 1.82) is 0 Å². The van der Waals surface area contributed by atoms with Crippen LogP contribution in [0.5, 0.6) is 0 Å². The van der Waals surface area contributed by atoms with E-state index < -0.39 is 5.51 Å². The quantitative estimate of drug-likeness (QED) is 0.697. The van der Waals surface area contributed by atoms with Crippen LogP contribution in [0.25, 0.3) is 0 Å². The molecular formula is C9H18F3NOS. The van der Waals surface area contributed by atoms with Crippen molar-refractivity contribution < 1.29 is 17.9 Å². The van der Waals surface area contributed by atoms with Crippen LogP contribution >= 0.6 is 11.8 Å². The van der Waals surface area contributed by atoms with Gasteiger partial charge in [-0.1, -0.05) is 0 Å². The van der Waals surface area contributed by atoms with Crippen molar-refractivity contribution in [3.63, 3.8) is 0 Å². The Bertz CT molecular complexity index is 173. The monoisotopic (exact) mass is 245 g/mol. The van der Waals surface area contributed by atoms with Crippen molar-refractivity contribution in [3.05, 3.63) is 0 Å². The van der Waals surface area contributed by atoms with Gasteiger partial charge in [-0.25, -0.2) is 0 Å². The normalized spacial score (nSPS) is 13.2. The smallest absolute Gasteiger partial charge is 0.375 e. The van der Waals surface area contributed by atoms with Crippen LogP contribution in [0, 0.1) is 0 Å². The number of nitrogens with one attached hydrogen (secondary N) is 1. The fourth-order valence-electron chi connectivity index (χ4n) is 1.07. The average molecular weight is 245 g/mol. The van der Waals surface area contributed by atoms with Gasteiger partial charge >= 0.3 is 5.51 Å².